The highest BCUT2D eigenvalue weighted by molar-refractivity contribution is 9.10. The Morgan fingerprint density at radius 2 is 1.91 bits per heavy atom. The van der Waals surface area contributed by atoms with E-state index >= 15 is 0 Å². The summed E-state index contributed by atoms with van der Waals surface area (Å²) in [6.07, 6.45) is 6.62. The molecule has 0 fully saturated rings. The highest BCUT2D eigenvalue weighted by atomic mass is 79.9. The van der Waals surface area contributed by atoms with E-state index in [0.29, 0.717) is 5.92 Å². The summed E-state index contributed by atoms with van der Waals surface area (Å²) >= 11 is 5.70. The van der Waals surface area contributed by atoms with Crippen LogP contribution in [0.1, 0.15) is 58.5 Å². The van der Waals surface area contributed by atoms with Gasteiger partial charge in [-0.1, -0.05) is 35.0 Å². The van der Waals surface area contributed by atoms with Crippen LogP contribution in [0.15, 0.2) is 28.7 Å². The Morgan fingerprint density at radius 3 is 2.70 bits per heavy atom. The van der Waals surface area contributed by atoms with E-state index in [4.69, 9.17) is 0 Å². The summed E-state index contributed by atoms with van der Waals surface area (Å²) in [5, 5.41) is 0. The van der Waals surface area contributed by atoms with Crippen LogP contribution in [0, 0.1) is 0 Å². The van der Waals surface area contributed by atoms with Crippen LogP contribution < -0.4 is 0 Å². The first kappa shape index (κ1) is 15.9. The van der Waals surface area contributed by atoms with Crippen molar-refractivity contribution in [2.45, 2.75) is 51.5 Å². The lowest BCUT2D eigenvalue weighted by Gasteiger charge is -2.34. The lowest BCUT2D eigenvalue weighted by molar-refractivity contribution is 0.244. The number of hydrogen-bond acceptors (Lipinski definition) is 2. The Labute approximate surface area is 151 Å². The molecule has 0 spiro atoms. The Bertz CT molecular complexity index is 688. The zero-order valence-electron chi connectivity index (χ0n) is 13.8. The topological polar surface area (TPSA) is 3.24 Å². The van der Waals surface area contributed by atoms with Crippen LogP contribution in [0.25, 0.3) is 0 Å². The van der Waals surface area contributed by atoms with Gasteiger partial charge in [-0.15, -0.1) is 11.3 Å². The van der Waals surface area contributed by atoms with Gasteiger partial charge in [0.15, 0.2) is 0 Å². The molecule has 2 aliphatic rings. The highest BCUT2D eigenvalue weighted by Crippen LogP contribution is 2.44. The molecule has 2 aromatic rings. The quantitative estimate of drug-likeness (QED) is 0.645. The van der Waals surface area contributed by atoms with Crippen LogP contribution in [-0.4, -0.2) is 18.0 Å². The molecule has 1 aliphatic carbocycles. The van der Waals surface area contributed by atoms with Crippen LogP contribution in [0.4, 0.5) is 0 Å². The third-order valence-electron chi connectivity index (χ3n) is 5.26. The van der Waals surface area contributed by atoms with Gasteiger partial charge in [0.1, 0.15) is 0 Å². The Morgan fingerprint density at radius 1 is 1.13 bits per heavy atom. The van der Waals surface area contributed by atoms with E-state index in [0.717, 1.165) is 0 Å². The molecular formula is C20H24BrNS. The third kappa shape index (κ3) is 3.04. The van der Waals surface area contributed by atoms with Gasteiger partial charge in [-0.05, 0) is 67.5 Å². The summed E-state index contributed by atoms with van der Waals surface area (Å²) < 4.78 is 1.18. The van der Waals surface area contributed by atoms with Crippen LogP contribution in [0.3, 0.4) is 0 Å². The second-order valence-electron chi connectivity index (χ2n) is 6.89. The monoisotopic (exact) mass is 389 g/mol. The zero-order chi connectivity index (χ0) is 15.8. The van der Waals surface area contributed by atoms with E-state index in [1.165, 1.54) is 61.8 Å². The van der Waals surface area contributed by atoms with Crippen LogP contribution >= 0.6 is 27.3 Å². The Hall–Kier alpha value is -0.640. The van der Waals surface area contributed by atoms with Crippen molar-refractivity contribution in [3.63, 3.8) is 0 Å². The minimum absolute atomic E-state index is 0.566. The van der Waals surface area contributed by atoms with Gasteiger partial charge in [-0.3, -0.25) is 4.90 Å². The molecule has 4 rings (SSSR count). The first-order chi connectivity index (χ1) is 11.3. The standard InChI is InChI=1S/C20H24BrNS/c1-2-11-22-12-17(14-7-9-15(21)10-8-14)20-16-5-3-4-6-18(16)23-19(20)13-22/h7-10,17H,2-6,11-13H2,1H3. The number of nitrogens with zero attached hydrogens (tertiary/aromatic N) is 1. The fourth-order valence-corrected chi connectivity index (χ4v) is 6.01. The molecule has 2 heterocycles. The second kappa shape index (κ2) is 6.70. The largest absolute Gasteiger partial charge is 0.297 e. The third-order valence-corrected chi connectivity index (χ3v) is 7.08. The van der Waals surface area contributed by atoms with Crippen molar-refractivity contribution < 1.29 is 0 Å². The summed E-state index contributed by atoms with van der Waals surface area (Å²) in [4.78, 5) is 6.02. The lowest BCUT2D eigenvalue weighted by Crippen LogP contribution is -2.34. The zero-order valence-corrected chi connectivity index (χ0v) is 16.2. The van der Waals surface area contributed by atoms with Gasteiger partial charge in [-0.25, -0.2) is 0 Å². The molecule has 1 atom stereocenters. The molecule has 122 valence electrons. The van der Waals surface area contributed by atoms with Crippen molar-refractivity contribution in [1.29, 1.82) is 0 Å². The maximum Gasteiger partial charge on any atom is 0.0331 e. The molecule has 1 nitrogen and oxygen atoms in total. The first-order valence-corrected chi connectivity index (χ1v) is 10.5. The molecule has 1 aliphatic heterocycles. The molecule has 23 heavy (non-hydrogen) atoms. The highest BCUT2D eigenvalue weighted by Gasteiger charge is 2.32. The van der Waals surface area contributed by atoms with E-state index < -0.39 is 0 Å². The predicted molar refractivity (Wildman–Crippen MR) is 103 cm³/mol. The average molecular weight is 390 g/mol. The molecule has 0 bridgehead atoms. The molecule has 1 unspecified atom stereocenters. The summed E-state index contributed by atoms with van der Waals surface area (Å²) in [5.41, 5.74) is 4.92. The van der Waals surface area contributed by atoms with Gasteiger partial charge in [0, 0.05) is 33.2 Å². The van der Waals surface area contributed by atoms with Crippen LogP contribution in [0.5, 0.6) is 0 Å². The minimum atomic E-state index is 0.566. The molecule has 1 aromatic heterocycles. The van der Waals surface area contributed by atoms with E-state index in [-0.39, 0.29) is 0 Å². The summed E-state index contributed by atoms with van der Waals surface area (Å²) in [6, 6.07) is 9.04. The van der Waals surface area contributed by atoms with Gasteiger partial charge in [0.2, 0.25) is 0 Å². The minimum Gasteiger partial charge on any atom is -0.297 e. The van der Waals surface area contributed by atoms with Crippen LogP contribution in [0.2, 0.25) is 0 Å². The second-order valence-corrected chi connectivity index (χ2v) is 8.99. The van der Waals surface area contributed by atoms with Crippen LogP contribution in [-0.2, 0) is 19.4 Å². The molecular weight excluding hydrogens is 366 g/mol. The first-order valence-electron chi connectivity index (χ1n) is 8.87. The van der Waals surface area contributed by atoms with Crippen molar-refractivity contribution in [2.75, 3.05) is 13.1 Å². The molecule has 3 heteroatoms. The number of thiophene rings is 1. The summed E-state index contributed by atoms with van der Waals surface area (Å²) in [6.45, 7) is 5.87. The van der Waals surface area contributed by atoms with E-state index in [1.54, 1.807) is 20.9 Å². The molecule has 0 radical (unpaired) electrons. The van der Waals surface area contributed by atoms with Crippen molar-refractivity contribution in [1.82, 2.24) is 4.90 Å². The average Bonchev–Trinajstić information content (AvgIpc) is 2.93. The summed E-state index contributed by atoms with van der Waals surface area (Å²) in [5.74, 6) is 0.566. The van der Waals surface area contributed by atoms with Gasteiger partial charge in [0.05, 0.1) is 0 Å². The number of rotatable bonds is 3. The number of halogens is 1. The fraction of sp³-hybridized carbons (Fsp3) is 0.500. The Balaban J connectivity index is 1.78. The number of aryl methyl sites for hydroxylation is 1. The van der Waals surface area contributed by atoms with Gasteiger partial charge in [-0.2, -0.15) is 0 Å². The normalized spacial score (nSPS) is 21.0. The number of benzene rings is 1. The molecule has 0 saturated carbocycles. The summed E-state index contributed by atoms with van der Waals surface area (Å²) in [7, 11) is 0. The van der Waals surface area contributed by atoms with E-state index in [2.05, 4.69) is 63.4 Å². The van der Waals surface area contributed by atoms with Gasteiger partial charge >= 0.3 is 0 Å². The molecule has 0 saturated heterocycles. The smallest absolute Gasteiger partial charge is 0.0331 e. The van der Waals surface area contributed by atoms with Gasteiger partial charge < -0.3 is 0 Å². The predicted octanol–water partition coefficient (Wildman–Crippen LogP) is 5.75. The van der Waals surface area contributed by atoms with Gasteiger partial charge in [0.25, 0.3) is 0 Å². The van der Waals surface area contributed by atoms with Crippen molar-refractivity contribution in [3.05, 3.63) is 55.2 Å². The van der Waals surface area contributed by atoms with Crippen molar-refractivity contribution in [3.8, 4) is 0 Å². The SMILES string of the molecule is CCCN1Cc2sc3c(c2C(c2ccc(Br)cc2)C1)CCCC3. The maximum absolute atomic E-state index is 3.58. The molecule has 1 aromatic carbocycles. The molecule has 0 amide bonds. The van der Waals surface area contributed by atoms with E-state index in [1.807, 2.05) is 0 Å². The number of fused-ring (bicyclic) bond motifs is 3. The van der Waals surface area contributed by atoms with Crippen molar-refractivity contribution in [2.24, 2.45) is 0 Å². The molecule has 0 N–H and O–H groups in total. The fourth-order valence-electron chi connectivity index (χ4n) is 4.24. The van der Waals surface area contributed by atoms with Crippen molar-refractivity contribution >= 4 is 27.3 Å². The Kier molecular flexibility index (Phi) is 4.62. The lowest BCUT2D eigenvalue weighted by atomic mass is 9.82. The maximum atomic E-state index is 3.58. The number of hydrogen-bond donors (Lipinski definition) is 0. The van der Waals surface area contributed by atoms with E-state index in [9.17, 15) is 0 Å².